The number of ketones is 1. The average molecular weight is 507 g/mol. The van der Waals surface area contributed by atoms with Crippen LogP contribution in [0.4, 0.5) is 0 Å². The van der Waals surface area contributed by atoms with Crippen LogP contribution in [0.5, 0.6) is 0 Å². The van der Waals surface area contributed by atoms with Crippen LogP contribution in [0, 0.1) is 0 Å². The van der Waals surface area contributed by atoms with E-state index in [0.29, 0.717) is 5.78 Å². The lowest BCUT2D eigenvalue weighted by Crippen LogP contribution is -1.96. The maximum atomic E-state index is 11.6. The molecule has 216 valence electrons. The monoisotopic (exact) mass is 507 g/mol. The second-order valence-corrected chi connectivity index (χ2v) is 11.9. The van der Waals surface area contributed by atoms with Gasteiger partial charge in [0.2, 0.25) is 0 Å². The van der Waals surface area contributed by atoms with Crippen LogP contribution >= 0.6 is 0 Å². The number of hydrogen-bond donors (Lipinski definition) is 0. The SMILES string of the molecule is CCCCCCCCCCCCCCCCCCCCCCCCCCCCCCC(=O)CCCC. The maximum absolute atomic E-state index is 11.6. The van der Waals surface area contributed by atoms with E-state index in [9.17, 15) is 4.79 Å². The van der Waals surface area contributed by atoms with Crippen LogP contribution in [0.2, 0.25) is 0 Å². The van der Waals surface area contributed by atoms with Gasteiger partial charge in [0, 0.05) is 12.8 Å². The quantitative estimate of drug-likeness (QED) is 0.0829. The molecule has 1 heteroatoms. The summed E-state index contributed by atoms with van der Waals surface area (Å²) in [5.74, 6) is 0.492. The van der Waals surface area contributed by atoms with E-state index in [4.69, 9.17) is 0 Å². The number of rotatable bonds is 32. The minimum Gasteiger partial charge on any atom is -0.300 e. The second-order valence-electron chi connectivity index (χ2n) is 11.9. The van der Waals surface area contributed by atoms with Gasteiger partial charge in [0.05, 0.1) is 0 Å². The molecule has 1 nitrogen and oxygen atoms in total. The molecule has 36 heavy (non-hydrogen) atoms. The van der Waals surface area contributed by atoms with Gasteiger partial charge in [-0.1, -0.05) is 194 Å². The third-order valence-electron chi connectivity index (χ3n) is 8.12. The fourth-order valence-corrected chi connectivity index (χ4v) is 5.49. The third-order valence-corrected chi connectivity index (χ3v) is 8.12. The highest BCUT2D eigenvalue weighted by molar-refractivity contribution is 5.78. The Balaban J connectivity index is 3.05. The van der Waals surface area contributed by atoms with E-state index in [-0.39, 0.29) is 0 Å². The van der Waals surface area contributed by atoms with Crippen LogP contribution in [-0.2, 0) is 4.79 Å². The number of hydrogen-bond acceptors (Lipinski definition) is 1. The summed E-state index contributed by atoms with van der Waals surface area (Å²) < 4.78 is 0. The van der Waals surface area contributed by atoms with Crippen molar-refractivity contribution in [2.24, 2.45) is 0 Å². The van der Waals surface area contributed by atoms with Crippen molar-refractivity contribution in [1.29, 1.82) is 0 Å². The Kier molecular flexibility index (Phi) is 32.4. The van der Waals surface area contributed by atoms with Gasteiger partial charge in [0.25, 0.3) is 0 Å². The molecule has 0 unspecified atom stereocenters. The molecule has 0 aromatic rings. The fourth-order valence-electron chi connectivity index (χ4n) is 5.49. The highest BCUT2D eigenvalue weighted by atomic mass is 16.1. The van der Waals surface area contributed by atoms with Gasteiger partial charge >= 0.3 is 0 Å². The lowest BCUT2D eigenvalue weighted by molar-refractivity contribution is -0.119. The van der Waals surface area contributed by atoms with Crippen LogP contribution in [0.25, 0.3) is 0 Å². The summed E-state index contributed by atoms with van der Waals surface area (Å²) in [6.45, 7) is 4.47. The van der Waals surface area contributed by atoms with Crippen molar-refractivity contribution in [3.63, 3.8) is 0 Å². The van der Waals surface area contributed by atoms with Gasteiger partial charge in [-0.15, -0.1) is 0 Å². The lowest BCUT2D eigenvalue weighted by atomic mass is 10.0. The normalized spacial score (nSPS) is 11.4. The van der Waals surface area contributed by atoms with Crippen molar-refractivity contribution in [2.45, 2.75) is 219 Å². The van der Waals surface area contributed by atoms with Crippen molar-refractivity contribution in [1.82, 2.24) is 0 Å². The van der Waals surface area contributed by atoms with Crippen LogP contribution in [-0.4, -0.2) is 5.78 Å². The molecule has 0 atom stereocenters. The van der Waals surface area contributed by atoms with Gasteiger partial charge in [-0.25, -0.2) is 0 Å². The predicted molar refractivity (Wildman–Crippen MR) is 164 cm³/mol. The van der Waals surface area contributed by atoms with E-state index in [0.717, 1.165) is 32.1 Å². The first-order chi connectivity index (χ1) is 17.8. The first kappa shape index (κ1) is 35.7. The lowest BCUT2D eigenvalue weighted by Gasteiger charge is -2.04. The molecule has 0 spiro atoms. The number of carbonyl (C=O) groups excluding carboxylic acids is 1. The van der Waals surface area contributed by atoms with Crippen LogP contribution in [0.1, 0.15) is 219 Å². The van der Waals surface area contributed by atoms with Crippen LogP contribution in [0.3, 0.4) is 0 Å². The van der Waals surface area contributed by atoms with E-state index < -0.39 is 0 Å². The number of carbonyl (C=O) groups is 1. The molecule has 0 aliphatic heterocycles. The first-order valence-corrected chi connectivity index (χ1v) is 17.3. The largest absolute Gasteiger partial charge is 0.300 e. The van der Waals surface area contributed by atoms with Gasteiger partial charge in [-0.3, -0.25) is 4.79 Å². The molecule has 0 aromatic carbocycles. The van der Waals surface area contributed by atoms with E-state index in [1.165, 1.54) is 173 Å². The van der Waals surface area contributed by atoms with Gasteiger partial charge < -0.3 is 0 Å². The minimum absolute atomic E-state index is 0.492. The molecule has 0 saturated carbocycles. The van der Waals surface area contributed by atoms with E-state index in [1.807, 2.05) is 0 Å². The highest BCUT2D eigenvalue weighted by Gasteiger charge is 2.01. The Morgan fingerprint density at radius 1 is 0.278 bits per heavy atom. The Hall–Kier alpha value is -0.330. The van der Waals surface area contributed by atoms with Crippen molar-refractivity contribution in [2.75, 3.05) is 0 Å². The summed E-state index contributed by atoms with van der Waals surface area (Å²) in [5, 5.41) is 0. The molecule has 0 heterocycles. The fraction of sp³-hybridized carbons (Fsp3) is 0.971. The molecule has 0 N–H and O–H groups in total. The summed E-state index contributed by atoms with van der Waals surface area (Å²) in [6.07, 6.45) is 44.1. The Labute approximate surface area is 229 Å². The molecule has 0 aromatic heterocycles. The molecule has 0 bridgehead atoms. The Bertz CT molecular complexity index is 401. The summed E-state index contributed by atoms with van der Waals surface area (Å²) in [6, 6.07) is 0. The van der Waals surface area contributed by atoms with Gasteiger partial charge in [-0.05, 0) is 12.8 Å². The zero-order valence-electron chi connectivity index (χ0n) is 25.5. The van der Waals surface area contributed by atoms with E-state index >= 15 is 0 Å². The van der Waals surface area contributed by atoms with Crippen LogP contribution < -0.4 is 0 Å². The number of unbranched alkanes of at least 4 members (excludes halogenated alkanes) is 28. The molecular formula is C35H70O. The molecule has 0 amide bonds. The molecule has 0 fully saturated rings. The van der Waals surface area contributed by atoms with Gasteiger partial charge in [-0.2, -0.15) is 0 Å². The van der Waals surface area contributed by atoms with E-state index in [1.54, 1.807) is 0 Å². The standard InChI is InChI=1S/C35H70O/c1-3-5-7-8-9-10-11-12-13-14-15-16-17-18-19-20-21-22-23-24-25-26-27-28-29-30-31-32-34-35(36)33-6-4-2/h3-34H2,1-2H3. The predicted octanol–water partition coefficient (Wildman–Crippen LogP) is 13.1. The summed E-state index contributed by atoms with van der Waals surface area (Å²) in [4.78, 5) is 11.6. The smallest absolute Gasteiger partial charge is 0.132 e. The Morgan fingerprint density at radius 3 is 0.722 bits per heavy atom. The molecule has 0 saturated heterocycles. The topological polar surface area (TPSA) is 17.1 Å². The molecule has 0 aliphatic carbocycles. The molecule has 0 rings (SSSR count). The second kappa shape index (κ2) is 32.7. The molecule has 0 aliphatic rings. The van der Waals surface area contributed by atoms with Crippen molar-refractivity contribution >= 4 is 5.78 Å². The molecule has 0 radical (unpaired) electrons. The zero-order chi connectivity index (χ0) is 26.2. The van der Waals surface area contributed by atoms with E-state index in [2.05, 4.69) is 13.8 Å². The van der Waals surface area contributed by atoms with Crippen LogP contribution in [0.15, 0.2) is 0 Å². The van der Waals surface area contributed by atoms with Crippen molar-refractivity contribution < 1.29 is 4.79 Å². The minimum atomic E-state index is 0.492. The number of Topliss-reactive ketones (excluding diaryl/α,β-unsaturated/α-hetero) is 1. The van der Waals surface area contributed by atoms with Crippen molar-refractivity contribution in [3.8, 4) is 0 Å². The van der Waals surface area contributed by atoms with Crippen molar-refractivity contribution in [3.05, 3.63) is 0 Å². The summed E-state index contributed by atoms with van der Waals surface area (Å²) in [5.41, 5.74) is 0. The third kappa shape index (κ3) is 31.7. The summed E-state index contributed by atoms with van der Waals surface area (Å²) >= 11 is 0. The molecular weight excluding hydrogens is 436 g/mol. The maximum Gasteiger partial charge on any atom is 0.132 e. The van der Waals surface area contributed by atoms with Gasteiger partial charge in [0.15, 0.2) is 0 Å². The average Bonchev–Trinajstić information content (AvgIpc) is 2.89. The first-order valence-electron chi connectivity index (χ1n) is 17.3. The van der Waals surface area contributed by atoms with Gasteiger partial charge in [0.1, 0.15) is 5.78 Å². The summed E-state index contributed by atoms with van der Waals surface area (Å²) in [7, 11) is 0. The Morgan fingerprint density at radius 2 is 0.472 bits per heavy atom. The zero-order valence-corrected chi connectivity index (χ0v) is 25.5. The highest BCUT2D eigenvalue weighted by Crippen LogP contribution is 2.16.